The number of rotatable bonds is 5. The van der Waals surface area contributed by atoms with Gasteiger partial charge in [0.15, 0.2) is 5.82 Å². The molecule has 1 aromatic rings. The Morgan fingerprint density at radius 3 is 2.58 bits per heavy atom. The second kappa shape index (κ2) is 6.53. The van der Waals surface area contributed by atoms with Gasteiger partial charge in [-0.05, 0) is 18.6 Å². The Morgan fingerprint density at radius 2 is 2.05 bits per heavy atom. The second-order valence-electron chi connectivity index (χ2n) is 3.67. The first kappa shape index (κ1) is 16.2. The van der Waals surface area contributed by atoms with Crippen LogP contribution in [-0.2, 0) is 10.0 Å². The Bertz CT molecular complexity index is 614. The molecule has 0 saturated heterocycles. The maximum absolute atomic E-state index is 13.5. The minimum absolute atomic E-state index is 0.149. The molecule has 0 saturated carbocycles. The van der Waals surface area contributed by atoms with Gasteiger partial charge in [-0.2, -0.15) is 9.57 Å². The predicted molar refractivity (Wildman–Crippen MR) is 71.1 cm³/mol. The van der Waals surface area contributed by atoms with E-state index in [-0.39, 0.29) is 23.0 Å². The zero-order chi connectivity index (χ0) is 14.6. The molecule has 0 unspecified atom stereocenters. The van der Waals surface area contributed by atoms with Crippen LogP contribution in [0.1, 0.15) is 13.3 Å². The van der Waals surface area contributed by atoms with Gasteiger partial charge in [-0.25, -0.2) is 12.8 Å². The lowest BCUT2D eigenvalue weighted by Crippen LogP contribution is -2.32. The van der Waals surface area contributed by atoms with Gasteiger partial charge in [0.1, 0.15) is 11.4 Å². The number of nitriles is 1. The molecule has 0 radical (unpaired) electrons. The van der Waals surface area contributed by atoms with Crippen molar-refractivity contribution in [2.24, 2.45) is 0 Å². The fourth-order valence-corrected chi connectivity index (χ4v) is 3.61. The van der Waals surface area contributed by atoms with Crippen LogP contribution in [-0.4, -0.2) is 25.8 Å². The van der Waals surface area contributed by atoms with Gasteiger partial charge in [0.2, 0.25) is 10.0 Å². The Kier molecular flexibility index (Phi) is 5.56. The molecule has 0 bridgehead atoms. The highest BCUT2D eigenvalue weighted by Crippen LogP contribution is 2.31. The van der Waals surface area contributed by atoms with Crippen LogP contribution in [0.15, 0.2) is 17.0 Å². The predicted octanol–water partition coefficient (Wildman–Crippen LogP) is 3.06. The van der Waals surface area contributed by atoms with Crippen LogP contribution in [0, 0.1) is 17.1 Å². The molecule has 0 aliphatic carbocycles. The third-order valence-corrected chi connectivity index (χ3v) is 5.00. The maximum Gasteiger partial charge on any atom is 0.245 e. The summed E-state index contributed by atoms with van der Waals surface area (Å²) in [5, 5.41) is 7.84. The molecule has 1 rings (SSSR count). The highest BCUT2D eigenvalue weighted by molar-refractivity contribution is 7.89. The first-order valence-corrected chi connectivity index (χ1v) is 7.56. The fraction of sp³-hybridized carbons (Fsp3) is 0.364. The Morgan fingerprint density at radius 1 is 1.42 bits per heavy atom. The molecular weight excluding hydrogens is 314 g/mol. The molecule has 0 spiro atoms. The molecule has 0 amide bonds. The van der Waals surface area contributed by atoms with Crippen molar-refractivity contribution in [1.29, 1.82) is 5.26 Å². The van der Waals surface area contributed by atoms with Gasteiger partial charge in [-0.3, -0.25) is 0 Å². The van der Waals surface area contributed by atoms with E-state index in [1.165, 1.54) is 0 Å². The number of benzene rings is 1. The lowest BCUT2D eigenvalue weighted by molar-refractivity contribution is 0.443. The number of nitrogens with zero attached hydrogens (tertiary/aromatic N) is 2. The molecule has 1 aromatic carbocycles. The van der Waals surface area contributed by atoms with E-state index in [1.54, 1.807) is 13.0 Å². The number of sulfonamides is 1. The maximum atomic E-state index is 13.5. The van der Waals surface area contributed by atoms with Crippen LogP contribution < -0.4 is 0 Å². The summed E-state index contributed by atoms with van der Waals surface area (Å²) in [5.41, 5.74) is 0. The summed E-state index contributed by atoms with van der Waals surface area (Å²) in [4.78, 5) is -0.389. The van der Waals surface area contributed by atoms with Gasteiger partial charge in [0, 0.05) is 6.54 Å². The molecule has 19 heavy (non-hydrogen) atoms. The lowest BCUT2D eigenvalue weighted by Gasteiger charge is -2.19. The number of hydrogen-bond donors (Lipinski definition) is 0. The summed E-state index contributed by atoms with van der Waals surface area (Å²) in [7, 11) is -4.02. The van der Waals surface area contributed by atoms with Gasteiger partial charge in [0.25, 0.3) is 0 Å². The van der Waals surface area contributed by atoms with E-state index in [1.807, 2.05) is 0 Å². The highest BCUT2D eigenvalue weighted by Gasteiger charge is 2.28. The van der Waals surface area contributed by atoms with Crippen molar-refractivity contribution in [1.82, 2.24) is 4.31 Å². The second-order valence-corrected chi connectivity index (χ2v) is 6.36. The van der Waals surface area contributed by atoms with Crippen LogP contribution >= 0.6 is 23.2 Å². The minimum atomic E-state index is -4.02. The van der Waals surface area contributed by atoms with Gasteiger partial charge >= 0.3 is 0 Å². The Hall–Kier alpha value is -0.870. The molecule has 8 heteroatoms. The van der Waals surface area contributed by atoms with Gasteiger partial charge < -0.3 is 0 Å². The van der Waals surface area contributed by atoms with Crippen molar-refractivity contribution in [3.8, 4) is 6.07 Å². The summed E-state index contributed by atoms with van der Waals surface area (Å²) < 4.78 is 39.0. The van der Waals surface area contributed by atoms with Gasteiger partial charge in [-0.15, -0.1) is 0 Å². The largest absolute Gasteiger partial charge is 0.245 e. The molecule has 4 nitrogen and oxygen atoms in total. The average Bonchev–Trinajstić information content (AvgIpc) is 2.35. The van der Waals surface area contributed by atoms with Crippen LogP contribution in [0.4, 0.5) is 4.39 Å². The van der Waals surface area contributed by atoms with Gasteiger partial charge in [0.05, 0.1) is 16.1 Å². The topological polar surface area (TPSA) is 61.2 Å². The first-order chi connectivity index (χ1) is 8.86. The van der Waals surface area contributed by atoms with E-state index in [9.17, 15) is 12.8 Å². The zero-order valence-electron chi connectivity index (χ0n) is 10.0. The number of hydrogen-bond acceptors (Lipinski definition) is 3. The van der Waals surface area contributed by atoms with Crippen LogP contribution in [0.25, 0.3) is 0 Å². The van der Waals surface area contributed by atoms with E-state index in [4.69, 9.17) is 28.5 Å². The monoisotopic (exact) mass is 324 g/mol. The molecule has 0 aliphatic rings. The first-order valence-electron chi connectivity index (χ1n) is 5.36. The van der Waals surface area contributed by atoms with Crippen molar-refractivity contribution in [3.63, 3.8) is 0 Å². The molecule has 0 atom stereocenters. The number of halogens is 3. The summed E-state index contributed by atoms with van der Waals surface area (Å²) in [5.74, 6) is -0.988. The molecule has 0 fully saturated rings. The SMILES string of the molecule is CCCN(CC#N)S(=O)(=O)c1ccc(Cl)c(F)c1Cl. The summed E-state index contributed by atoms with van der Waals surface area (Å²) in [6.45, 7) is 1.59. The average molecular weight is 325 g/mol. The standard InChI is InChI=1S/C11H11Cl2FN2O2S/c1-2-6-16(7-5-15)19(17,18)9-4-3-8(12)11(14)10(9)13/h3-4H,2,6-7H2,1H3. The van der Waals surface area contributed by atoms with Crippen molar-refractivity contribution < 1.29 is 12.8 Å². The van der Waals surface area contributed by atoms with Crippen LogP contribution in [0.2, 0.25) is 10.0 Å². The van der Waals surface area contributed by atoms with E-state index in [0.717, 1.165) is 16.4 Å². The van der Waals surface area contributed by atoms with E-state index < -0.39 is 20.9 Å². The summed E-state index contributed by atoms with van der Waals surface area (Å²) >= 11 is 11.2. The zero-order valence-corrected chi connectivity index (χ0v) is 12.4. The van der Waals surface area contributed by atoms with Crippen molar-refractivity contribution in [3.05, 3.63) is 28.0 Å². The molecule has 0 N–H and O–H groups in total. The molecule has 0 heterocycles. The van der Waals surface area contributed by atoms with E-state index in [2.05, 4.69) is 0 Å². The van der Waals surface area contributed by atoms with Crippen molar-refractivity contribution in [2.45, 2.75) is 18.2 Å². The molecule has 104 valence electrons. The van der Waals surface area contributed by atoms with E-state index in [0.29, 0.717) is 6.42 Å². The smallest absolute Gasteiger partial charge is 0.207 e. The lowest BCUT2D eigenvalue weighted by atomic mass is 10.3. The van der Waals surface area contributed by atoms with Crippen molar-refractivity contribution in [2.75, 3.05) is 13.1 Å². The third-order valence-electron chi connectivity index (χ3n) is 2.34. The summed E-state index contributed by atoms with van der Waals surface area (Å²) in [6, 6.07) is 4.00. The van der Waals surface area contributed by atoms with Crippen LogP contribution in [0.3, 0.4) is 0 Å². The van der Waals surface area contributed by atoms with Gasteiger partial charge in [-0.1, -0.05) is 30.1 Å². The quantitative estimate of drug-likeness (QED) is 0.617. The minimum Gasteiger partial charge on any atom is -0.207 e. The normalized spacial score (nSPS) is 11.6. The fourth-order valence-electron chi connectivity index (χ4n) is 1.46. The highest BCUT2D eigenvalue weighted by atomic mass is 35.5. The Labute approximate surface area is 121 Å². The van der Waals surface area contributed by atoms with Crippen molar-refractivity contribution >= 4 is 33.2 Å². The van der Waals surface area contributed by atoms with E-state index >= 15 is 0 Å². The molecule has 0 aliphatic heterocycles. The molecular formula is C11H11Cl2FN2O2S. The third kappa shape index (κ3) is 3.37. The van der Waals surface area contributed by atoms with Crippen LogP contribution in [0.5, 0.6) is 0 Å². The summed E-state index contributed by atoms with van der Waals surface area (Å²) in [6.07, 6.45) is 0.522. The molecule has 0 aromatic heterocycles. The Balaban J connectivity index is 3.34.